The van der Waals surface area contributed by atoms with Gasteiger partial charge in [-0.15, -0.1) is 0 Å². The van der Waals surface area contributed by atoms with Crippen LogP contribution in [0.5, 0.6) is 0 Å². The van der Waals surface area contributed by atoms with Crippen LogP contribution in [0.1, 0.15) is 44.7 Å². The third-order valence-electron chi connectivity index (χ3n) is 3.94. The molecule has 1 heterocycles. The van der Waals surface area contributed by atoms with Crippen molar-refractivity contribution < 1.29 is 0 Å². The highest BCUT2D eigenvalue weighted by atomic mass is 35.5. The molecule has 2 atom stereocenters. The van der Waals surface area contributed by atoms with Crippen molar-refractivity contribution in [2.45, 2.75) is 39.2 Å². The second-order valence-electron chi connectivity index (χ2n) is 5.36. The zero-order valence-electron chi connectivity index (χ0n) is 11.3. The van der Waals surface area contributed by atoms with E-state index in [0.717, 1.165) is 29.6 Å². The van der Waals surface area contributed by atoms with E-state index in [9.17, 15) is 0 Å². The monoisotopic (exact) mass is 266 g/mol. The fourth-order valence-electron chi connectivity index (χ4n) is 2.71. The number of benzene rings is 1. The summed E-state index contributed by atoms with van der Waals surface area (Å²) in [5.41, 5.74) is 8.16. The number of nitrogens with zero attached hydrogens (tertiary/aromatic N) is 1. The Balaban J connectivity index is 2.16. The van der Waals surface area contributed by atoms with Crippen molar-refractivity contribution in [1.82, 2.24) is 0 Å². The van der Waals surface area contributed by atoms with Crippen LogP contribution < -0.4 is 10.6 Å². The van der Waals surface area contributed by atoms with Crippen LogP contribution >= 0.6 is 11.6 Å². The molecule has 1 aromatic carbocycles. The van der Waals surface area contributed by atoms with Crippen molar-refractivity contribution in [3.63, 3.8) is 0 Å². The lowest BCUT2D eigenvalue weighted by Gasteiger charge is -2.34. The minimum Gasteiger partial charge on any atom is -0.371 e. The fourth-order valence-corrected chi connectivity index (χ4v) is 3.06. The summed E-state index contributed by atoms with van der Waals surface area (Å²) in [5.74, 6) is 0.825. The molecule has 0 amide bonds. The van der Waals surface area contributed by atoms with Gasteiger partial charge in [0, 0.05) is 29.8 Å². The molecule has 0 bridgehead atoms. The van der Waals surface area contributed by atoms with E-state index in [1.807, 2.05) is 6.92 Å². The number of nitrogens with two attached hydrogens (primary N) is 1. The molecule has 0 saturated carbocycles. The predicted octanol–water partition coefficient (Wildman–Crippen LogP) is 3.99. The van der Waals surface area contributed by atoms with Crippen LogP contribution in [0, 0.1) is 5.92 Å². The lowest BCUT2D eigenvalue weighted by molar-refractivity contribution is 0.405. The Hall–Kier alpha value is -0.730. The summed E-state index contributed by atoms with van der Waals surface area (Å²) in [6.07, 6.45) is 3.91. The molecular weight excluding hydrogens is 244 g/mol. The molecule has 0 radical (unpaired) electrons. The number of anilines is 1. The first-order chi connectivity index (χ1) is 8.61. The molecule has 2 rings (SSSR count). The summed E-state index contributed by atoms with van der Waals surface area (Å²) in [6, 6.07) is 6.29. The Morgan fingerprint density at radius 3 is 2.89 bits per heavy atom. The second-order valence-corrected chi connectivity index (χ2v) is 5.76. The Labute approximate surface area is 115 Å². The second kappa shape index (κ2) is 5.94. The van der Waals surface area contributed by atoms with Gasteiger partial charge in [0.25, 0.3) is 0 Å². The summed E-state index contributed by atoms with van der Waals surface area (Å²) < 4.78 is 0. The van der Waals surface area contributed by atoms with Crippen LogP contribution in [0.3, 0.4) is 0 Å². The van der Waals surface area contributed by atoms with Crippen molar-refractivity contribution in [2.24, 2.45) is 11.7 Å². The quantitative estimate of drug-likeness (QED) is 0.896. The normalized spacial score (nSPS) is 22.0. The molecule has 1 aromatic rings. The van der Waals surface area contributed by atoms with Gasteiger partial charge in [0.2, 0.25) is 0 Å². The maximum atomic E-state index is 6.31. The first kappa shape index (κ1) is 13.7. The van der Waals surface area contributed by atoms with Gasteiger partial charge in [-0.1, -0.05) is 31.0 Å². The third kappa shape index (κ3) is 2.99. The van der Waals surface area contributed by atoms with E-state index >= 15 is 0 Å². The highest BCUT2D eigenvalue weighted by Crippen LogP contribution is 2.30. The zero-order valence-corrected chi connectivity index (χ0v) is 12.1. The summed E-state index contributed by atoms with van der Waals surface area (Å²) >= 11 is 6.31. The SMILES string of the molecule is CCC1CCCN(c2ccc(C(C)N)c(Cl)c2)C1. The average molecular weight is 267 g/mol. The van der Waals surface area contributed by atoms with Crippen molar-refractivity contribution in [1.29, 1.82) is 0 Å². The van der Waals surface area contributed by atoms with Gasteiger partial charge >= 0.3 is 0 Å². The summed E-state index contributed by atoms with van der Waals surface area (Å²) in [5, 5.41) is 0.793. The molecule has 1 saturated heterocycles. The number of rotatable bonds is 3. The molecule has 2 unspecified atom stereocenters. The minimum atomic E-state index is -0.00343. The molecule has 1 fully saturated rings. The predicted molar refractivity (Wildman–Crippen MR) is 79.3 cm³/mol. The Bertz CT molecular complexity index is 403. The molecule has 2 nitrogen and oxygen atoms in total. The van der Waals surface area contributed by atoms with Gasteiger partial charge in [0.15, 0.2) is 0 Å². The van der Waals surface area contributed by atoms with Crippen LogP contribution in [0.15, 0.2) is 18.2 Å². The van der Waals surface area contributed by atoms with E-state index in [4.69, 9.17) is 17.3 Å². The first-order valence-electron chi connectivity index (χ1n) is 6.91. The molecular formula is C15H23ClN2. The van der Waals surface area contributed by atoms with E-state index in [1.54, 1.807) is 0 Å². The maximum absolute atomic E-state index is 6.31. The van der Waals surface area contributed by atoms with E-state index in [2.05, 4.69) is 30.0 Å². The zero-order chi connectivity index (χ0) is 13.1. The molecule has 0 spiro atoms. The lowest BCUT2D eigenvalue weighted by atomic mass is 9.95. The first-order valence-corrected chi connectivity index (χ1v) is 7.29. The number of halogens is 1. The number of piperidine rings is 1. The molecule has 1 aliphatic heterocycles. The van der Waals surface area contributed by atoms with Gasteiger partial charge in [-0.25, -0.2) is 0 Å². The van der Waals surface area contributed by atoms with Gasteiger partial charge in [-0.05, 0) is 43.4 Å². The lowest BCUT2D eigenvalue weighted by Crippen LogP contribution is -2.35. The summed E-state index contributed by atoms with van der Waals surface area (Å²) in [4.78, 5) is 2.45. The highest BCUT2D eigenvalue weighted by molar-refractivity contribution is 6.31. The molecule has 1 aliphatic rings. The molecule has 2 N–H and O–H groups in total. The van der Waals surface area contributed by atoms with E-state index in [0.29, 0.717) is 0 Å². The van der Waals surface area contributed by atoms with Crippen molar-refractivity contribution in [3.8, 4) is 0 Å². The van der Waals surface area contributed by atoms with E-state index < -0.39 is 0 Å². The number of hydrogen-bond acceptors (Lipinski definition) is 2. The Morgan fingerprint density at radius 1 is 1.50 bits per heavy atom. The Morgan fingerprint density at radius 2 is 2.28 bits per heavy atom. The number of hydrogen-bond donors (Lipinski definition) is 1. The molecule has 18 heavy (non-hydrogen) atoms. The molecule has 100 valence electrons. The third-order valence-corrected chi connectivity index (χ3v) is 4.26. The van der Waals surface area contributed by atoms with Gasteiger partial charge in [0.05, 0.1) is 0 Å². The van der Waals surface area contributed by atoms with Crippen molar-refractivity contribution in [3.05, 3.63) is 28.8 Å². The topological polar surface area (TPSA) is 29.3 Å². The Kier molecular flexibility index (Phi) is 4.52. The van der Waals surface area contributed by atoms with E-state index in [1.165, 1.54) is 24.9 Å². The van der Waals surface area contributed by atoms with Gasteiger partial charge < -0.3 is 10.6 Å². The smallest absolute Gasteiger partial charge is 0.0474 e. The average Bonchev–Trinajstić information content (AvgIpc) is 2.38. The highest BCUT2D eigenvalue weighted by Gasteiger charge is 2.19. The summed E-state index contributed by atoms with van der Waals surface area (Å²) in [7, 11) is 0. The maximum Gasteiger partial charge on any atom is 0.0474 e. The van der Waals surface area contributed by atoms with Crippen LogP contribution in [0.2, 0.25) is 5.02 Å². The van der Waals surface area contributed by atoms with Crippen molar-refractivity contribution in [2.75, 3.05) is 18.0 Å². The largest absolute Gasteiger partial charge is 0.371 e. The van der Waals surface area contributed by atoms with Gasteiger partial charge in [-0.3, -0.25) is 0 Å². The van der Waals surface area contributed by atoms with Crippen LogP contribution in [-0.4, -0.2) is 13.1 Å². The van der Waals surface area contributed by atoms with Crippen molar-refractivity contribution >= 4 is 17.3 Å². The van der Waals surface area contributed by atoms with Gasteiger partial charge in [0.1, 0.15) is 0 Å². The molecule has 0 aromatic heterocycles. The standard InChI is InChI=1S/C15H23ClN2/c1-3-12-5-4-8-18(10-12)13-6-7-14(11(2)17)15(16)9-13/h6-7,9,11-12H,3-5,8,10,17H2,1-2H3. The fraction of sp³-hybridized carbons (Fsp3) is 0.600. The van der Waals surface area contributed by atoms with Crippen LogP contribution in [0.25, 0.3) is 0 Å². The molecule has 3 heteroatoms. The van der Waals surface area contributed by atoms with Crippen LogP contribution in [-0.2, 0) is 0 Å². The van der Waals surface area contributed by atoms with Crippen LogP contribution in [0.4, 0.5) is 5.69 Å². The molecule has 0 aliphatic carbocycles. The minimum absolute atomic E-state index is 0.00343. The van der Waals surface area contributed by atoms with Gasteiger partial charge in [-0.2, -0.15) is 0 Å². The summed E-state index contributed by atoms with van der Waals surface area (Å²) in [6.45, 7) is 6.55. The van der Waals surface area contributed by atoms with E-state index in [-0.39, 0.29) is 6.04 Å².